The number of aryl methyl sites for hydroxylation is 1. The molecule has 1 saturated carbocycles. The quantitative estimate of drug-likeness (QED) is 0.326. The molecule has 2 fully saturated rings. The lowest BCUT2D eigenvalue weighted by Crippen LogP contribution is -2.40. The van der Waals surface area contributed by atoms with Crippen molar-refractivity contribution in [3.63, 3.8) is 0 Å². The van der Waals surface area contributed by atoms with E-state index in [9.17, 15) is 4.79 Å². The minimum Gasteiger partial charge on any atom is -0.495 e. The predicted octanol–water partition coefficient (Wildman–Crippen LogP) is 3.72. The molecule has 12 nitrogen and oxygen atoms in total. The van der Waals surface area contributed by atoms with E-state index in [1.54, 1.807) is 35.0 Å². The second kappa shape index (κ2) is 10.9. The molecule has 2 aliphatic rings. The Kier molecular flexibility index (Phi) is 7.01. The third-order valence-electron chi connectivity index (χ3n) is 7.35. The van der Waals surface area contributed by atoms with Crippen molar-refractivity contribution in [3.05, 3.63) is 36.2 Å². The Hall–Kier alpha value is -4.19. The van der Waals surface area contributed by atoms with Gasteiger partial charge in [-0.25, -0.2) is 0 Å². The highest BCUT2D eigenvalue weighted by Crippen LogP contribution is 2.34. The largest absolute Gasteiger partial charge is 0.495 e. The number of aromatic nitrogens is 6. The minimum absolute atomic E-state index is 0.0424. The van der Waals surface area contributed by atoms with E-state index in [0.29, 0.717) is 60.9 Å². The Morgan fingerprint density at radius 1 is 1.15 bits per heavy atom. The zero-order valence-corrected chi connectivity index (χ0v) is 22.2. The normalized spacial score (nSPS) is 16.4. The van der Waals surface area contributed by atoms with Crippen LogP contribution < -0.4 is 15.4 Å². The lowest BCUT2D eigenvalue weighted by atomic mass is 9.95. The van der Waals surface area contributed by atoms with Crippen LogP contribution in [-0.4, -0.2) is 80.2 Å². The first-order valence-corrected chi connectivity index (χ1v) is 13.4. The number of carbonyl (C=O) groups excluding carboxylic acids is 1. The molecule has 1 amide bonds. The van der Waals surface area contributed by atoms with Gasteiger partial charge in [-0.15, -0.1) is 0 Å². The average Bonchev–Trinajstić information content (AvgIpc) is 3.60. The molecule has 6 rings (SSSR count). The number of ether oxygens (including phenoxy) is 2. The Bertz CT molecular complexity index is 1470. The van der Waals surface area contributed by atoms with Crippen molar-refractivity contribution in [2.75, 3.05) is 44.0 Å². The highest BCUT2D eigenvalue weighted by atomic mass is 16.5. The number of benzene rings is 1. The van der Waals surface area contributed by atoms with Gasteiger partial charge in [0.1, 0.15) is 11.6 Å². The van der Waals surface area contributed by atoms with Gasteiger partial charge in [-0.2, -0.15) is 20.2 Å². The van der Waals surface area contributed by atoms with Gasteiger partial charge in [0, 0.05) is 43.5 Å². The molecule has 4 heterocycles. The van der Waals surface area contributed by atoms with E-state index in [4.69, 9.17) is 19.4 Å². The van der Waals surface area contributed by atoms with Gasteiger partial charge >= 0.3 is 0 Å². The summed E-state index contributed by atoms with van der Waals surface area (Å²) in [7, 11) is 3.46. The maximum absolute atomic E-state index is 13.0. The number of anilines is 3. The van der Waals surface area contributed by atoms with Crippen molar-refractivity contribution in [2.45, 2.75) is 38.1 Å². The summed E-state index contributed by atoms with van der Waals surface area (Å²) in [5, 5.41) is 19.8. The van der Waals surface area contributed by atoms with Crippen molar-refractivity contribution in [2.24, 2.45) is 7.05 Å². The molecule has 0 unspecified atom stereocenters. The molecular weight excluding hydrogens is 498 g/mol. The predicted molar refractivity (Wildman–Crippen MR) is 147 cm³/mol. The zero-order chi connectivity index (χ0) is 26.8. The van der Waals surface area contributed by atoms with Crippen LogP contribution in [0.4, 0.5) is 17.5 Å². The second-order valence-corrected chi connectivity index (χ2v) is 10.0. The van der Waals surface area contributed by atoms with E-state index in [0.717, 1.165) is 35.3 Å². The third kappa shape index (κ3) is 5.24. The van der Waals surface area contributed by atoms with E-state index in [1.165, 1.54) is 19.3 Å². The van der Waals surface area contributed by atoms with Crippen LogP contribution in [0.5, 0.6) is 5.75 Å². The van der Waals surface area contributed by atoms with Crippen molar-refractivity contribution in [1.82, 2.24) is 34.8 Å². The van der Waals surface area contributed by atoms with Crippen molar-refractivity contribution < 1.29 is 14.3 Å². The fourth-order valence-electron chi connectivity index (χ4n) is 5.28. The van der Waals surface area contributed by atoms with Gasteiger partial charge in [0.2, 0.25) is 5.95 Å². The molecule has 3 N–H and O–H groups in total. The lowest BCUT2D eigenvalue weighted by molar-refractivity contribution is 0.0302. The van der Waals surface area contributed by atoms with Gasteiger partial charge in [0.05, 0.1) is 43.3 Å². The van der Waals surface area contributed by atoms with Crippen LogP contribution in [0.2, 0.25) is 0 Å². The molecular formula is C27H33N9O3. The standard InChI is InChI=1S/C27H33N9O3/c1-35-16-18(15-28-35)23-22-24(29-19-6-4-3-5-7-19)31-27(32-25(22)34-33-23)30-20-9-8-17(14-21(20)38-2)26(37)36-10-12-39-13-11-36/h8-9,14-16,19H,3-7,10-13H2,1-2H3,(H3,29,30,31,32,33,34). The number of amides is 1. The van der Waals surface area contributed by atoms with Gasteiger partial charge in [-0.1, -0.05) is 19.3 Å². The first-order valence-electron chi connectivity index (χ1n) is 13.4. The van der Waals surface area contributed by atoms with E-state index >= 15 is 0 Å². The highest BCUT2D eigenvalue weighted by Gasteiger charge is 2.23. The monoisotopic (exact) mass is 531 g/mol. The maximum Gasteiger partial charge on any atom is 0.254 e. The number of nitrogens with one attached hydrogen (secondary N) is 3. The lowest BCUT2D eigenvalue weighted by Gasteiger charge is -2.27. The first-order chi connectivity index (χ1) is 19.1. The van der Waals surface area contributed by atoms with Crippen molar-refractivity contribution >= 4 is 34.4 Å². The van der Waals surface area contributed by atoms with Gasteiger partial charge in [-0.3, -0.25) is 14.6 Å². The van der Waals surface area contributed by atoms with Gasteiger partial charge < -0.3 is 25.0 Å². The molecule has 1 saturated heterocycles. The number of hydrogen-bond acceptors (Lipinski definition) is 9. The molecule has 3 aromatic heterocycles. The van der Waals surface area contributed by atoms with Crippen molar-refractivity contribution in [1.29, 1.82) is 0 Å². The smallest absolute Gasteiger partial charge is 0.254 e. The molecule has 0 spiro atoms. The number of methoxy groups -OCH3 is 1. The minimum atomic E-state index is -0.0424. The van der Waals surface area contributed by atoms with Crippen LogP contribution in [0.1, 0.15) is 42.5 Å². The number of fused-ring (bicyclic) bond motifs is 1. The first kappa shape index (κ1) is 25.1. The molecule has 12 heteroatoms. The fraction of sp³-hybridized carbons (Fsp3) is 0.444. The zero-order valence-electron chi connectivity index (χ0n) is 22.2. The molecule has 0 bridgehead atoms. The Labute approximate surface area is 226 Å². The summed E-state index contributed by atoms with van der Waals surface area (Å²) in [5.74, 6) is 1.59. The Morgan fingerprint density at radius 2 is 1.97 bits per heavy atom. The van der Waals surface area contributed by atoms with Crippen LogP contribution in [-0.2, 0) is 11.8 Å². The van der Waals surface area contributed by atoms with Crippen LogP contribution in [0.15, 0.2) is 30.6 Å². The maximum atomic E-state index is 13.0. The van der Waals surface area contributed by atoms with Crippen LogP contribution in [0.25, 0.3) is 22.3 Å². The molecule has 1 aliphatic carbocycles. The van der Waals surface area contributed by atoms with Gasteiger partial charge in [-0.05, 0) is 31.0 Å². The summed E-state index contributed by atoms with van der Waals surface area (Å²) in [6, 6.07) is 5.69. The molecule has 1 aromatic carbocycles. The second-order valence-electron chi connectivity index (χ2n) is 10.0. The summed E-state index contributed by atoms with van der Waals surface area (Å²) < 4.78 is 12.8. The number of nitrogens with zero attached hydrogens (tertiary/aromatic N) is 6. The number of morpholine rings is 1. The summed E-state index contributed by atoms with van der Waals surface area (Å²) in [5.41, 5.74) is 3.50. The summed E-state index contributed by atoms with van der Waals surface area (Å²) in [6.45, 7) is 2.26. The van der Waals surface area contributed by atoms with Crippen molar-refractivity contribution in [3.8, 4) is 17.0 Å². The third-order valence-corrected chi connectivity index (χ3v) is 7.35. The van der Waals surface area contributed by atoms with Gasteiger partial charge in [0.25, 0.3) is 5.91 Å². The van der Waals surface area contributed by atoms with Crippen LogP contribution in [0, 0.1) is 0 Å². The highest BCUT2D eigenvalue weighted by molar-refractivity contribution is 5.99. The number of hydrogen-bond donors (Lipinski definition) is 3. The van der Waals surface area contributed by atoms with Gasteiger partial charge in [0.15, 0.2) is 5.65 Å². The number of rotatable bonds is 7. The van der Waals surface area contributed by atoms with E-state index in [-0.39, 0.29) is 5.91 Å². The summed E-state index contributed by atoms with van der Waals surface area (Å²) >= 11 is 0. The Balaban J connectivity index is 1.33. The molecule has 204 valence electrons. The number of carbonyl (C=O) groups is 1. The number of aromatic amines is 1. The molecule has 0 atom stereocenters. The molecule has 0 radical (unpaired) electrons. The van der Waals surface area contributed by atoms with Crippen LogP contribution in [0.3, 0.4) is 0 Å². The van der Waals surface area contributed by atoms with E-state index < -0.39 is 0 Å². The van der Waals surface area contributed by atoms with Crippen LogP contribution >= 0.6 is 0 Å². The summed E-state index contributed by atoms with van der Waals surface area (Å²) in [6.07, 6.45) is 9.60. The number of H-pyrrole nitrogens is 1. The Morgan fingerprint density at radius 3 is 2.72 bits per heavy atom. The summed E-state index contributed by atoms with van der Waals surface area (Å²) in [4.78, 5) is 24.4. The molecule has 4 aromatic rings. The van der Waals surface area contributed by atoms with E-state index in [1.807, 2.05) is 19.3 Å². The van der Waals surface area contributed by atoms with E-state index in [2.05, 4.69) is 25.9 Å². The fourth-order valence-corrected chi connectivity index (χ4v) is 5.28. The SMILES string of the molecule is COc1cc(C(=O)N2CCOCC2)ccc1Nc1nc(NC2CCCCC2)c2c(-c3cnn(C)c3)[nH]nc2n1. The average molecular weight is 532 g/mol. The molecule has 1 aliphatic heterocycles. The topological polar surface area (TPSA) is 135 Å². The molecule has 39 heavy (non-hydrogen) atoms.